The van der Waals surface area contributed by atoms with Crippen molar-refractivity contribution in [3.63, 3.8) is 0 Å². The van der Waals surface area contributed by atoms with Crippen LogP contribution in [0.5, 0.6) is 0 Å². The quantitative estimate of drug-likeness (QED) is 0.315. The zero-order chi connectivity index (χ0) is 7.98. The van der Waals surface area contributed by atoms with Crippen molar-refractivity contribution in [2.24, 2.45) is 16.6 Å². The highest BCUT2D eigenvalue weighted by atomic mass is 16.2. The van der Waals surface area contributed by atoms with Gasteiger partial charge >= 0.3 is 0 Å². The molecule has 1 amide bonds. The number of nitrogens with zero attached hydrogens (tertiary/aromatic N) is 3. The summed E-state index contributed by atoms with van der Waals surface area (Å²) in [7, 11) is 0. The Kier molecular flexibility index (Phi) is 4.23. The van der Waals surface area contributed by atoms with Crippen molar-refractivity contribution in [2.45, 2.75) is 12.5 Å². The van der Waals surface area contributed by atoms with Crippen LogP contribution in [-0.4, -0.2) is 18.5 Å². The summed E-state index contributed by atoms with van der Waals surface area (Å²) in [6.45, 7) is 0.313. The van der Waals surface area contributed by atoms with Crippen LogP contribution in [0.4, 0.5) is 0 Å². The molecular formula is C4H9N5O. The molecule has 0 radical (unpaired) electrons. The van der Waals surface area contributed by atoms with E-state index in [2.05, 4.69) is 10.0 Å². The zero-order valence-electron chi connectivity index (χ0n) is 5.40. The average molecular weight is 143 g/mol. The zero-order valence-corrected chi connectivity index (χ0v) is 5.40. The first-order valence-corrected chi connectivity index (χ1v) is 2.77. The highest BCUT2D eigenvalue weighted by Gasteiger charge is 2.08. The first-order chi connectivity index (χ1) is 4.72. The van der Waals surface area contributed by atoms with E-state index in [4.69, 9.17) is 17.0 Å². The molecule has 0 aliphatic heterocycles. The van der Waals surface area contributed by atoms with Gasteiger partial charge in [0.25, 0.3) is 0 Å². The van der Waals surface area contributed by atoms with Gasteiger partial charge in [-0.1, -0.05) is 0 Å². The van der Waals surface area contributed by atoms with Crippen molar-refractivity contribution in [3.8, 4) is 0 Å². The Labute approximate surface area is 57.8 Å². The number of rotatable bonds is 3. The van der Waals surface area contributed by atoms with Crippen LogP contribution in [0.25, 0.3) is 10.4 Å². The first-order valence-electron chi connectivity index (χ1n) is 2.77. The van der Waals surface area contributed by atoms with E-state index in [9.17, 15) is 4.79 Å². The van der Waals surface area contributed by atoms with Gasteiger partial charge in [0, 0.05) is 4.91 Å². The van der Waals surface area contributed by atoms with Gasteiger partial charge in [-0.2, -0.15) is 0 Å². The molecule has 0 heterocycles. The molecule has 0 bridgehead atoms. The van der Waals surface area contributed by atoms with E-state index < -0.39 is 11.9 Å². The molecule has 6 heteroatoms. The molecule has 0 fully saturated rings. The van der Waals surface area contributed by atoms with E-state index in [0.717, 1.165) is 0 Å². The summed E-state index contributed by atoms with van der Waals surface area (Å²) in [5.41, 5.74) is 18.1. The topological polar surface area (TPSA) is 118 Å². The van der Waals surface area contributed by atoms with Crippen molar-refractivity contribution in [3.05, 3.63) is 10.4 Å². The highest BCUT2D eigenvalue weighted by Crippen LogP contribution is 1.88. The minimum absolute atomic E-state index is 0.313. The van der Waals surface area contributed by atoms with Gasteiger partial charge in [-0.3, -0.25) is 4.79 Å². The van der Waals surface area contributed by atoms with Crippen molar-refractivity contribution in [1.82, 2.24) is 0 Å². The largest absolute Gasteiger partial charge is 0.330 e. The van der Waals surface area contributed by atoms with E-state index in [1.54, 1.807) is 0 Å². The summed E-state index contributed by atoms with van der Waals surface area (Å²) in [6, 6.07) is -0.749. The van der Waals surface area contributed by atoms with E-state index in [1.807, 2.05) is 0 Å². The van der Waals surface area contributed by atoms with Gasteiger partial charge in [0.05, 0.1) is 6.04 Å². The van der Waals surface area contributed by atoms with Crippen molar-refractivity contribution < 1.29 is 4.79 Å². The lowest BCUT2D eigenvalue weighted by molar-refractivity contribution is -0.119. The van der Waals surface area contributed by atoms with Crippen LogP contribution in [0.2, 0.25) is 0 Å². The monoisotopic (exact) mass is 143 g/mol. The van der Waals surface area contributed by atoms with Gasteiger partial charge in [0.1, 0.15) is 0 Å². The van der Waals surface area contributed by atoms with Gasteiger partial charge < -0.3 is 11.5 Å². The van der Waals surface area contributed by atoms with Crippen molar-refractivity contribution >= 4 is 5.91 Å². The standard InChI is InChI=1S/C4H9N5O/c5-2-1-3(6)4(10)8-9-7/h3H,1-2,5-6H2/t3-/m0/s1. The highest BCUT2D eigenvalue weighted by molar-refractivity contribution is 5.82. The summed E-state index contributed by atoms with van der Waals surface area (Å²) in [5, 5.41) is 2.80. The van der Waals surface area contributed by atoms with Crippen LogP contribution in [0.15, 0.2) is 5.11 Å². The Morgan fingerprint density at radius 1 is 1.80 bits per heavy atom. The van der Waals surface area contributed by atoms with Crippen LogP contribution in [0.1, 0.15) is 6.42 Å². The molecule has 0 spiro atoms. The SMILES string of the molecule is [N-]=[N+]=NC(=O)[C@@H](N)CCN. The molecule has 0 saturated carbocycles. The van der Waals surface area contributed by atoms with Crippen LogP contribution < -0.4 is 11.5 Å². The lowest BCUT2D eigenvalue weighted by Gasteiger charge is -2.02. The van der Waals surface area contributed by atoms with E-state index in [0.29, 0.717) is 13.0 Å². The lowest BCUT2D eigenvalue weighted by atomic mass is 10.2. The summed E-state index contributed by atoms with van der Waals surface area (Å²) in [4.78, 5) is 12.8. The normalized spacial score (nSPS) is 11.8. The molecule has 0 aromatic carbocycles. The fourth-order valence-corrected chi connectivity index (χ4v) is 0.421. The summed E-state index contributed by atoms with van der Waals surface area (Å²) in [6.07, 6.45) is 0.345. The second-order valence-corrected chi connectivity index (χ2v) is 1.71. The van der Waals surface area contributed by atoms with E-state index in [-0.39, 0.29) is 0 Å². The molecule has 0 aromatic rings. The molecular weight excluding hydrogens is 134 g/mol. The number of carbonyl (C=O) groups excluding carboxylic acids is 1. The molecule has 0 aliphatic carbocycles. The third-order valence-electron chi connectivity index (χ3n) is 0.938. The van der Waals surface area contributed by atoms with Crippen LogP contribution in [0.3, 0.4) is 0 Å². The molecule has 0 saturated heterocycles. The Morgan fingerprint density at radius 3 is 2.80 bits per heavy atom. The van der Waals surface area contributed by atoms with Crippen LogP contribution >= 0.6 is 0 Å². The Morgan fingerprint density at radius 2 is 2.40 bits per heavy atom. The van der Waals surface area contributed by atoms with Crippen LogP contribution in [0, 0.1) is 0 Å². The third kappa shape index (κ3) is 3.03. The van der Waals surface area contributed by atoms with Gasteiger partial charge in [-0.05, 0) is 23.6 Å². The Balaban J connectivity index is 3.81. The fraction of sp³-hybridized carbons (Fsp3) is 0.750. The predicted octanol–water partition coefficient (Wildman–Crippen LogP) is -0.501. The predicted molar refractivity (Wildman–Crippen MR) is 35.8 cm³/mol. The summed E-state index contributed by atoms with van der Waals surface area (Å²) in [5.74, 6) is -0.659. The maximum atomic E-state index is 10.5. The number of azide groups is 1. The molecule has 0 aliphatic rings. The van der Waals surface area contributed by atoms with Crippen molar-refractivity contribution in [2.75, 3.05) is 6.54 Å². The van der Waals surface area contributed by atoms with Crippen LogP contribution in [-0.2, 0) is 4.79 Å². The maximum absolute atomic E-state index is 10.5. The minimum atomic E-state index is -0.749. The Hall–Kier alpha value is -1.10. The fourth-order valence-electron chi connectivity index (χ4n) is 0.421. The molecule has 0 rings (SSSR count). The smallest absolute Gasteiger partial charge is 0.235 e. The van der Waals surface area contributed by atoms with Gasteiger partial charge in [0.2, 0.25) is 5.91 Å². The maximum Gasteiger partial charge on any atom is 0.235 e. The number of hydrogen-bond donors (Lipinski definition) is 2. The summed E-state index contributed by atoms with van der Waals surface area (Å²) < 4.78 is 0. The first kappa shape index (κ1) is 8.90. The van der Waals surface area contributed by atoms with Gasteiger partial charge in [-0.15, -0.1) is 0 Å². The molecule has 10 heavy (non-hydrogen) atoms. The number of nitrogens with two attached hydrogens (primary N) is 2. The second kappa shape index (κ2) is 4.75. The third-order valence-corrected chi connectivity index (χ3v) is 0.938. The van der Waals surface area contributed by atoms with E-state index in [1.165, 1.54) is 0 Å². The minimum Gasteiger partial charge on any atom is -0.330 e. The molecule has 4 N–H and O–H groups in total. The number of amides is 1. The second-order valence-electron chi connectivity index (χ2n) is 1.71. The molecule has 6 nitrogen and oxygen atoms in total. The van der Waals surface area contributed by atoms with Gasteiger partial charge in [0.15, 0.2) is 0 Å². The summed E-state index contributed by atoms with van der Waals surface area (Å²) >= 11 is 0. The molecule has 0 aromatic heterocycles. The lowest BCUT2D eigenvalue weighted by Crippen LogP contribution is -2.31. The molecule has 56 valence electrons. The average Bonchev–Trinajstić information content (AvgIpc) is 1.89. The number of hydrogen-bond acceptors (Lipinski definition) is 3. The van der Waals surface area contributed by atoms with E-state index >= 15 is 0 Å². The number of carbonyl (C=O) groups is 1. The molecule has 0 unspecified atom stereocenters. The van der Waals surface area contributed by atoms with Gasteiger partial charge in [-0.25, -0.2) is 0 Å². The molecule has 1 atom stereocenters. The van der Waals surface area contributed by atoms with Crippen molar-refractivity contribution in [1.29, 1.82) is 0 Å². The Bertz CT molecular complexity index is 161.